The number of carbonyl (C=O) groups is 3. The molecule has 3 rings (SSSR count). The van der Waals surface area contributed by atoms with Gasteiger partial charge in [-0.1, -0.05) is 31.4 Å². The topological polar surface area (TPSA) is 87.7 Å². The first-order chi connectivity index (χ1) is 12.8. The number of fused-ring (bicyclic) bond motifs is 1. The van der Waals surface area contributed by atoms with Crippen molar-refractivity contribution in [3.63, 3.8) is 0 Å². The second-order valence-electron chi connectivity index (χ2n) is 8.09. The summed E-state index contributed by atoms with van der Waals surface area (Å²) in [6.07, 6.45) is 4.22. The van der Waals surface area contributed by atoms with E-state index in [0.717, 1.165) is 32.1 Å². The lowest BCUT2D eigenvalue weighted by atomic mass is 9.93. The third-order valence-electron chi connectivity index (χ3n) is 4.77. The largest absolute Gasteiger partial charge is 0.444 e. The van der Waals surface area contributed by atoms with Crippen LogP contribution in [0.1, 0.15) is 52.9 Å². The summed E-state index contributed by atoms with van der Waals surface area (Å²) in [7, 11) is 0. The minimum absolute atomic E-state index is 0.0167. The van der Waals surface area contributed by atoms with Crippen molar-refractivity contribution in [1.29, 1.82) is 0 Å². The van der Waals surface area contributed by atoms with Crippen LogP contribution in [0.3, 0.4) is 0 Å². The summed E-state index contributed by atoms with van der Waals surface area (Å²) in [5, 5.41) is 5.22. The summed E-state index contributed by atoms with van der Waals surface area (Å²) in [4.78, 5) is 39.9. The fourth-order valence-electron chi connectivity index (χ4n) is 3.63. The van der Waals surface area contributed by atoms with Crippen LogP contribution in [0.4, 0.5) is 16.2 Å². The van der Waals surface area contributed by atoms with Gasteiger partial charge < -0.3 is 20.3 Å². The molecule has 0 saturated heterocycles. The summed E-state index contributed by atoms with van der Waals surface area (Å²) in [5.41, 5.74) is 0.534. The molecule has 0 radical (unpaired) electrons. The summed E-state index contributed by atoms with van der Waals surface area (Å²) < 4.78 is 5.23. The average molecular weight is 373 g/mol. The van der Waals surface area contributed by atoms with Crippen molar-refractivity contribution in [1.82, 2.24) is 5.32 Å². The first-order valence-corrected chi connectivity index (χ1v) is 9.49. The number of benzene rings is 1. The number of nitrogens with zero attached hydrogens (tertiary/aromatic N) is 1. The van der Waals surface area contributed by atoms with Gasteiger partial charge in [0.2, 0.25) is 0 Å². The number of anilines is 2. The number of ether oxygens (including phenoxy) is 1. The van der Waals surface area contributed by atoms with E-state index in [-0.39, 0.29) is 6.04 Å². The van der Waals surface area contributed by atoms with Gasteiger partial charge in [-0.05, 0) is 45.7 Å². The third-order valence-corrected chi connectivity index (χ3v) is 4.77. The van der Waals surface area contributed by atoms with Gasteiger partial charge in [-0.25, -0.2) is 4.79 Å². The maximum Gasteiger partial charge on any atom is 0.408 e. The van der Waals surface area contributed by atoms with Gasteiger partial charge >= 0.3 is 6.09 Å². The molecule has 146 valence electrons. The fourth-order valence-corrected chi connectivity index (χ4v) is 3.63. The van der Waals surface area contributed by atoms with Crippen molar-refractivity contribution < 1.29 is 19.1 Å². The molecule has 1 atom stereocenters. The van der Waals surface area contributed by atoms with Gasteiger partial charge in [0.1, 0.15) is 5.60 Å². The highest BCUT2D eigenvalue weighted by molar-refractivity contribution is 6.20. The van der Waals surface area contributed by atoms with Crippen LogP contribution in [-0.4, -0.2) is 35.6 Å². The van der Waals surface area contributed by atoms with Crippen molar-refractivity contribution in [3.8, 4) is 0 Å². The second kappa shape index (κ2) is 7.58. The Kier molecular flexibility index (Phi) is 5.39. The number of hydrogen-bond donors (Lipinski definition) is 2. The van der Waals surface area contributed by atoms with E-state index in [1.54, 1.807) is 31.7 Å². The Balaban J connectivity index is 1.91. The van der Waals surface area contributed by atoms with Crippen LogP contribution in [0.15, 0.2) is 24.3 Å². The first-order valence-electron chi connectivity index (χ1n) is 9.49. The molecule has 0 aromatic heterocycles. The van der Waals surface area contributed by atoms with Gasteiger partial charge in [0.05, 0.1) is 11.4 Å². The molecule has 7 nitrogen and oxygen atoms in total. The van der Waals surface area contributed by atoms with E-state index in [1.165, 1.54) is 0 Å². The van der Waals surface area contributed by atoms with Crippen LogP contribution in [0.5, 0.6) is 0 Å². The zero-order valence-corrected chi connectivity index (χ0v) is 16.1. The summed E-state index contributed by atoms with van der Waals surface area (Å²) in [5.74, 6) is -0.980. The van der Waals surface area contributed by atoms with Gasteiger partial charge in [-0.15, -0.1) is 0 Å². The predicted molar refractivity (Wildman–Crippen MR) is 103 cm³/mol. The molecular weight excluding hydrogens is 346 g/mol. The van der Waals surface area contributed by atoms with Crippen molar-refractivity contribution >= 4 is 29.3 Å². The van der Waals surface area contributed by atoms with Gasteiger partial charge in [-0.3, -0.25) is 9.59 Å². The number of carbonyl (C=O) groups excluding carboxylic acids is 3. The fraction of sp³-hybridized carbons (Fsp3) is 0.550. The van der Waals surface area contributed by atoms with Crippen molar-refractivity contribution in [3.05, 3.63) is 24.3 Å². The molecule has 1 aromatic rings. The smallest absolute Gasteiger partial charge is 0.408 e. The van der Waals surface area contributed by atoms with Crippen LogP contribution in [0.25, 0.3) is 0 Å². The van der Waals surface area contributed by atoms with E-state index in [0.29, 0.717) is 11.4 Å². The standard InChI is InChI=1S/C20H27N3O4/c1-20(2,3)27-19(26)22-16-17(24)21-14-11-7-8-12-15(14)23(18(16)25)13-9-5-4-6-10-13/h7-8,11-13,16H,4-6,9-10H2,1-3H3,(H,21,24)(H,22,26)/t16-/m0/s1. The molecule has 1 saturated carbocycles. The highest BCUT2D eigenvalue weighted by atomic mass is 16.6. The molecule has 1 aliphatic heterocycles. The van der Waals surface area contributed by atoms with Crippen LogP contribution in [0, 0.1) is 0 Å². The van der Waals surface area contributed by atoms with Crippen LogP contribution >= 0.6 is 0 Å². The van der Waals surface area contributed by atoms with Crippen molar-refractivity contribution in [2.24, 2.45) is 0 Å². The van der Waals surface area contributed by atoms with Gasteiger partial charge in [0.25, 0.3) is 11.8 Å². The summed E-state index contributed by atoms with van der Waals surface area (Å²) in [6, 6.07) is 5.95. The van der Waals surface area contributed by atoms with E-state index < -0.39 is 29.6 Å². The van der Waals surface area contributed by atoms with Crippen molar-refractivity contribution in [2.75, 3.05) is 10.2 Å². The Hall–Kier alpha value is -2.57. The lowest BCUT2D eigenvalue weighted by Gasteiger charge is -2.35. The highest BCUT2D eigenvalue weighted by Crippen LogP contribution is 2.34. The molecular formula is C20H27N3O4. The number of hydrogen-bond acceptors (Lipinski definition) is 4. The quantitative estimate of drug-likeness (QED) is 0.779. The monoisotopic (exact) mass is 373 g/mol. The molecule has 0 unspecified atom stereocenters. The molecule has 3 amide bonds. The van der Waals surface area contributed by atoms with E-state index in [4.69, 9.17) is 4.74 Å². The average Bonchev–Trinajstić information content (AvgIpc) is 2.69. The molecule has 1 aromatic carbocycles. The molecule has 0 bridgehead atoms. The Morgan fingerprint density at radius 1 is 1.15 bits per heavy atom. The zero-order valence-electron chi connectivity index (χ0n) is 16.1. The number of alkyl carbamates (subject to hydrolysis) is 1. The molecule has 1 heterocycles. The van der Waals surface area contributed by atoms with Crippen molar-refractivity contribution in [2.45, 2.75) is 70.6 Å². The summed E-state index contributed by atoms with van der Waals surface area (Å²) in [6.45, 7) is 5.18. The van der Waals surface area contributed by atoms with E-state index in [9.17, 15) is 14.4 Å². The molecule has 2 N–H and O–H groups in total. The summed E-state index contributed by atoms with van der Waals surface area (Å²) >= 11 is 0. The normalized spacial score (nSPS) is 21.1. The van der Waals surface area contributed by atoms with Gasteiger partial charge in [-0.2, -0.15) is 0 Å². The van der Waals surface area contributed by atoms with Gasteiger partial charge in [0, 0.05) is 6.04 Å². The number of rotatable bonds is 2. The molecule has 27 heavy (non-hydrogen) atoms. The van der Waals surface area contributed by atoms with E-state index in [1.807, 2.05) is 18.2 Å². The van der Waals surface area contributed by atoms with Gasteiger partial charge in [0.15, 0.2) is 6.04 Å². The second-order valence-corrected chi connectivity index (χ2v) is 8.09. The molecule has 7 heteroatoms. The highest BCUT2D eigenvalue weighted by Gasteiger charge is 2.40. The lowest BCUT2D eigenvalue weighted by Crippen LogP contribution is -2.56. The Morgan fingerprint density at radius 3 is 2.48 bits per heavy atom. The van der Waals surface area contributed by atoms with Crippen LogP contribution in [0.2, 0.25) is 0 Å². The Labute approximate surface area is 159 Å². The van der Waals surface area contributed by atoms with Crippen LogP contribution in [-0.2, 0) is 14.3 Å². The van der Waals surface area contributed by atoms with E-state index >= 15 is 0 Å². The minimum Gasteiger partial charge on any atom is -0.444 e. The first kappa shape index (κ1) is 19.2. The number of amides is 3. The zero-order chi connectivity index (χ0) is 19.6. The third kappa shape index (κ3) is 4.40. The lowest BCUT2D eigenvalue weighted by molar-refractivity contribution is -0.128. The minimum atomic E-state index is -1.32. The van der Waals surface area contributed by atoms with Crippen LogP contribution < -0.4 is 15.5 Å². The molecule has 2 aliphatic rings. The Morgan fingerprint density at radius 2 is 1.81 bits per heavy atom. The predicted octanol–water partition coefficient (Wildman–Crippen LogP) is 3.20. The maximum atomic E-state index is 13.3. The molecule has 1 aliphatic carbocycles. The Bertz CT molecular complexity index is 735. The number of nitrogens with one attached hydrogen (secondary N) is 2. The number of para-hydroxylation sites is 2. The molecule has 1 fully saturated rings. The molecule has 0 spiro atoms. The van der Waals surface area contributed by atoms with E-state index in [2.05, 4.69) is 10.6 Å². The SMILES string of the molecule is CC(C)(C)OC(=O)N[C@H]1C(=O)Nc2ccccc2N(C2CCCCC2)C1=O. The maximum absolute atomic E-state index is 13.3.